The fraction of sp³-hybridized carbons (Fsp3) is 0.350. The van der Waals surface area contributed by atoms with Gasteiger partial charge in [0.2, 0.25) is 11.7 Å². The first-order valence-corrected chi connectivity index (χ1v) is 9.47. The Bertz CT molecular complexity index is 980. The third-order valence-corrected chi connectivity index (χ3v) is 5.72. The number of aliphatic hydroxyl groups excluding tert-OH is 1. The summed E-state index contributed by atoms with van der Waals surface area (Å²) in [4.78, 5) is 8.92. The van der Waals surface area contributed by atoms with Crippen molar-refractivity contribution in [1.82, 2.24) is 15.1 Å². The second kappa shape index (κ2) is 6.32. The van der Waals surface area contributed by atoms with Crippen LogP contribution in [0.2, 0.25) is 5.02 Å². The molecule has 1 spiro atoms. The summed E-state index contributed by atoms with van der Waals surface area (Å²) in [6.45, 7) is 0. The maximum atomic E-state index is 10.6. The second-order valence-electron chi connectivity index (χ2n) is 7.21. The quantitative estimate of drug-likeness (QED) is 0.718. The van der Waals surface area contributed by atoms with Gasteiger partial charge in [0.05, 0.1) is 11.7 Å². The molecule has 7 heteroatoms. The van der Waals surface area contributed by atoms with E-state index >= 15 is 0 Å². The van der Waals surface area contributed by atoms with Gasteiger partial charge in [0, 0.05) is 28.8 Å². The van der Waals surface area contributed by atoms with Crippen LogP contribution < -0.4 is 4.74 Å². The topological polar surface area (TPSA) is 81.3 Å². The highest BCUT2D eigenvalue weighted by Gasteiger charge is 2.46. The minimum Gasteiger partial charge on any atom is -0.468 e. The van der Waals surface area contributed by atoms with Gasteiger partial charge in [0.25, 0.3) is 5.89 Å². The van der Waals surface area contributed by atoms with Crippen LogP contribution in [0.3, 0.4) is 0 Å². The largest absolute Gasteiger partial charge is 0.468 e. The maximum Gasteiger partial charge on any atom is 0.259 e. The van der Waals surface area contributed by atoms with E-state index in [-0.39, 0.29) is 0 Å². The van der Waals surface area contributed by atoms with E-state index in [0.717, 1.165) is 36.8 Å². The molecule has 0 radical (unpaired) electrons. The van der Waals surface area contributed by atoms with E-state index in [4.69, 9.17) is 20.9 Å². The molecule has 1 N–H and O–H groups in total. The minimum absolute atomic E-state index is 0.380. The molecule has 1 saturated carbocycles. The number of benzene rings is 1. The van der Waals surface area contributed by atoms with Crippen molar-refractivity contribution in [2.75, 3.05) is 0 Å². The Morgan fingerprint density at radius 2 is 1.89 bits per heavy atom. The zero-order chi connectivity index (χ0) is 18.4. The lowest BCUT2D eigenvalue weighted by Crippen LogP contribution is -2.49. The van der Waals surface area contributed by atoms with Gasteiger partial charge in [-0.2, -0.15) is 4.98 Å². The van der Waals surface area contributed by atoms with Crippen molar-refractivity contribution < 1.29 is 14.4 Å². The molecule has 0 unspecified atom stereocenters. The number of pyridine rings is 1. The van der Waals surface area contributed by atoms with E-state index in [1.165, 1.54) is 0 Å². The zero-order valence-corrected chi connectivity index (χ0v) is 15.3. The molecule has 6 nitrogen and oxygen atoms in total. The predicted molar refractivity (Wildman–Crippen MR) is 99.5 cm³/mol. The maximum absolute atomic E-state index is 10.6. The molecule has 27 heavy (non-hydrogen) atoms. The zero-order valence-electron chi connectivity index (χ0n) is 14.6. The number of fused-ring (bicyclic) bond motifs is 1. The van der Waals surface area contributed by atoms with E-state index in [1.54, 1.807) is 18.3 Å². The number of nitrogens with zero attached hydrogens (tertiary/aromatic N) is 3. The van der Waals surface area contributed by atoms with Gasteiger partial charge >= 0.3 is 0 Å². The lowest BCUT2D eigenvalue weighted by atomic mass is 9.87. The van der Waals surface area contributed by atoms with E-state index in [9.17, 15) is 5.11 Å². The summed E-state index contributed by atoms with van der Waals surface area (Å²) in [6.07, 6.45) is 5.61. The summed E-state index contributed by atoms with van der Waals surface area (Å²) in [5, 5.41) is 15.3. The third-order valence-electron chi connectivity index (χ3n) is 5.47. The Morgan fingerprint density at radius 1 is 1.11 bits per heavy atom. The van der Waals surface area contributed by atoms with Gasteiger partial charge in [-0.05, 0) is 56.0 Å². The average Bonchev–Trinajstić information content (AvgIpc) is 3.34. The standard InChI is InChI=1S/C20H18ClN3O3/c21-15-5-3-12(4-6-15)17-23-19(27-24-17)14-9-13-10-16(25)20(7-1-2-8-20)26-18(13)22-11-14/h3-6,9,11,16,25H,1-2,7-8,10H2/t16-/m0/s1. The molecule has 0 amide bonds. The monoisotopic (exact) mass is 383 g/mol. The molecule has 1 aromatic carbocycles. The van der Waals surface area contributed by atoms with Gasteiger partial charge in [-0.1, -0.05) is 16.8 Å². The molecule has 0 bridgehead atoms. The molecular weight excluding hydrogens is 366 g/mol. The Morgan fingerprint density at radius 3 is 2.67 bits per heavy atom. The Labute approximate surface area is 161 Å². The predicted octanol–water partition coefficient (Wildman–Crippen LogP) is 4.06. The summed E-state index contributed by atoms with van der Waals surface area (Å²) in [5.74, 6) is 1.47. The third kappa shape index (κ3) is 2.89. The first-order chi connectivity index (χ1) is 13.1. The molecule has 2 aliphatic rings. The fourth-order valence-electron chi connectivity index (χ4n) is 3.97. The lowest BCUT2D eigenvalue weighted by molar-refractivity contribution is -0.0650. The number of halogens is 1. The van der Waals surface area contributed by atoms with Crippen LogP contribution >= 0.6 is 11.6 Å². The first-order valence-electron chi connectivity index (χ1n) is 9.09. The minimum atomic E-state index is -0.517. The molecule has 5 rings (SSSR count). The Kier molecular flexibility index (Phi) is 3.91. The first kappa shape index (κ1) is 16.7. The molecule has 1 aliphatic carbocycles. The molecular formula is C20H18ClN3O3. The van der Waals surface area contributed by atoms with Crippen molar-refractivity contribution in [2.24, 2.45) is 0 Å². The van der Waals surface area contributed by atoms with E-state index in [2.05, 4.69) is 15.1 Å². The van der Waals surface area contributed by atoms with Crippen LogP contribution in [0.15, 0.2) is 41.1 Å². The number of rotatable bonds is 2. The van der Waals surface area contributed by atoms with Crippen LogP contribution in [0.4, 0.5) is 0 Å². The molecule has 1 atom stereocenters. The van der Waals surface area contributed by atoms with E-state index in [0.29, 0.717) is 34.6 Å². The summed E-state index contributed by atoms with van der Waals surface area (Å²) < 4.78 is 11.5. The number of aromatic nitrogens is 3. The smallest absolute Gasteiger partial charge is 0.259 e. The van der Waals surface area contributed by atoms with Crippen LogP contribution in [0.5, 0.6) is 5.88 Å². The number of hydrogen-bond donors (Lipinski definition) is 1. The van der Waals surface area contributed by atoms with Gasteiger partial charge in [-0.25, -0.2) is 4.98 Å². The molecule has 1 aliphatic heterocycles. The molecule has 3 heterocycles. The summed E-state index contributed by atoms with van der Waals surface area (Å²) in [6, 6.07) is 9.16. The highest BCUT2D eigenvalue weighted by Crippen LogP contribution is 2.43. The van der Waals surface area contributed by atoms with Crippen LogP contribution in [-0.2, 0) is 6.42 Å². The highest BCUT2D eigenvalue weighted by atomic mass is 35.5. The number of aliphatic hydroxyl groups is 1. The Balaban J connectivity index is 1.44. The van der Waals surface area contributed by atoms with Crippen molar-refractivity contribution in [2.45, 2.75) is 43.8 Å². The van der Waals surface area contributed by atoms with Crippen molar-refractivity contribution in [3.63, 3.8) is 0 Å². The fourth-order valence-corrected chi connectivity index (χ4v) is 4.10. The molecule has 2 aromatic heterocycles. The summed E-state index contributed by atoms with van der Waals surface area (Å²) in [7, 11) is 0. The normalized spacial score (nSPS) is 20.4. The van der Waals surface area contributed by atoms with Crippen LogP contribution in [0, 0.1) is 0 Å². The van der Waals surface area contributed by atoms with Crippen molar-refractivity contribution >= 4 is 11.6 Å². The molecule has 1 fully saturated rings. The lowest BCUT2D eigenvalue weighted by Gasteiger charge is -2.39. The van der Waals surface area contributed by atoms with E-state index < -0.39 is 11.7 Å². The van der Waals surface area contributed by atoms with Gasteiger partial charge in [-0.3, -0.25) is 0 Å². The van der Waals surface area contributed by atoms with Gasteiger partial charge in [0.1, 0.15) is 5.60 Å². The van der Waals surface area contributed by atoms with Gasteiger partial charge in [-0.15, -0.1) is 0 Å². The Hall–Kier alpha value is -2.44. The summed E-state index contributed by atoms with van der Waals surface area (Å²) in [5.41, 5.74) is 1.93. The summed E-state index contributed by atoms with van der Waals surface area (Å²) >= 11 is 5.92. The number of ether oxygens (including phenoxy) is 1. The SMILES string of the molecule is O[C@H]1Cc2cc(-c3nc(-c4ccc(Cl)cc4)no3)cnc2OC12CCCC2. The van der Waals surface area contributed by atoms with Crippen molar-refractivity contribution in [1.29, 1.82) is 0 Å². The van der Waals surface area contributed by atoms with E-state index in [1.807, 2.05) is 18.2 Å². The van der Waals surface area contributed by atoms with Crippen molar-refractivity contribution in [3.8, 4) is 28.7 Å². The van der Waals surface area contributed by atoms with Crippen LogP contribution in [0.1, 0.15) is 31.2 Å². The second-order valence-corrected chi connectivity index (χ2v) is 7.65. The molecule has 138 valence electrons. The molecule has 3 aromatic rings. The molecule has 0 saturated heterocycles. The number of hydrogen-bond acceptors (Lipinski definition) is 6. The van der Waals surface area contributed by atoms with Crippen LogP contribution in [0.25, 0.3) is 22.8 Å². The highest BCUT2D eigenvalue weighted by molar-refractivity contribution is 6.30. The van der Waals surface area contributed by atoms with Gasteiger partial charge in [0.15, 0.2) is 0 Å². The average molecular weight is 384 g/mol. The van der Waals surface area contributed by atoms with Crippen molar-refractivity contribution in [3.05, 3.63) is 47.1 Å². The van der Waals surface area contributed by atoms with Crippen LogP contribution in [-0.4, -0.2) is 31.9 Å². The van der Waals surface area contributed by atoms with Gasteiger partial charge < -0.3 is 14.4 Å².